The molecule has 0 atom stereocenters. The van der Waals surface area contributed by atoms with E-state index < -0.39 is 5.97 Å². The minimum Gasteiger partial charge on any atom is -0.481 e. The van der Waals surface area contributed by atoms with Crippen LogP contribution in [0.25, 0.3) is 22.4 Å². The number of nitrogens with zero attached hydrogens (tertiary/aromatic N) is 1. The molecule has 31 heavy (non-hydrogen) atoms. The molecule has 0 aliphatic rings. The first-order valence-corrected chi connectivity index (χ1v) is 11.5. The van der Waals surface area contributed by atoms with Gasteiger partial charge in [-0.15, -0.1) is 0 Å². The smallest absolute Gasteiger partial charge is 0.303 e. The number of carboxylic acid groups (broad SMARTS) is 1. The summed E-state index contributed by atoms with van der Waals surface area (Å²) >= 11 is 0. The number of hydrogen-bond donors (Lipinski definition) is 1. The van der Waals surface area contributed by atoms with Crippen molar-refractivity contribution in [2.45, 2.75) is 64.7 Å². The van der Waals surface area contributed by atoms with E-state index in [1.807, 2.05) is 6.20 Å². The molecule has 0 aliphatic heterocycles. The number of unbranched alkanes of at least 4 members (excludes halogenated alkanes) is 4. The molecule has 3 rings (SSSR count). The van der Waals surface area contributed by atoms with Crippen LogP contribution in [0.2, 0.25) is 0 Å². The van der Waals surface area contributed by atoms with E-state index in [0.29, 0.717) is 0 Å². The second-order valence-corrected chi connectivity index (χ2v) is 8.24. The average Bonchev–Trinajstić information content (AvgIpc) is 2.80. The average molecular weight is 416 g/mol. The predicted octanol–water partition coefficient (Wildman–Crippen LogP) is 7.34. The van der Waals surface area contributed by atoms with E-state index in [4.69, 9.17) is 5.11 Å². The lowest BCUT2D eigenvalue weighted by Crippen LogP contribution is -1.94. The Morgan fingerprint density at radius 2 is 1.29 bits per heavy atom. The highest BCUT2D eigenvalue weighted by Crippen LogP contribution is 2.25. The fourth-order valence-corrected chi connectivity index (χ4v) is 3.80. The van der Waals surface area contributed by atoms with Gasteiger partial charge in [0, 0.05) is 18.2 Å². The zero-order valence-electron chi connectivity index (χ0n) is 18.5. The minimum atomic E-state index is -0.703. The monoisotopic (exact) mass is 415 g/mol. The summed E-state index contributed by atoms with van der Waals surface area (Å²) in [6, 6.07) is 21.6. The van der Waals surface area contributed by atoms with Gasteiger partial charge in [0.25, 0.3) is 0 Å². The SMILES string of the molecule is CCCCCc1ccc(-c2ccc(-c3ccc(CCCCCC(=O)O)cc3)cc2)nc1. The molecule has 3 aromatic rings. The maximum absolute atomic E-state index is 10.6. The van der Waals surface area contributed by atoms with Crippen molar-refractivity contribution in [1.29, 1.82) is 0 Å². The Kier molecular flexibility index (Phi) is 8.84. The van der Waals surface area contributed by atoms with Crippen LogP contribution in [0, 0.1) is 0 Å². The zero-order valence-corrected chi connectivity index (χ0v) is 18.5. The third-order valence-electron chi connectivity index (χ3n) is 5.72. The third-order valence-corrected chi connectivity index (χ3v) is 5.72. The molecule has 1 heterocycles. The van der Waals surface area contributed by atoms with Gasteiger partial charge in [0.2, 0.25) is 0 Å². The second kappa shape index (κ2) is 12.0. The highest BCUT2D eigenvalue weighted by Gasteiger charge is 2.03. The lowest BCUT2D eigenvalue weighted by Gasteiger charge is -2.07. The van der Waals surface area contributed by atoms with Crippen LogP contribution in [0.1, 0.15) is 63.0 Å². The zero-order chi connectivity index (χ0) is 21.9. The molecule has 1 aromatic heterocycles. The van der Waals surface area contributed by atoms with Crippen molar-refractivity contribution in [2.75, 3.05) is 0 Å². The summed E-state index contributed by atoms with van der Waals surface area (Å²) in [5.74, 6) is -0.703. The molecule has 3 heteroatoms. The van der Waals surface area contributed by atoms with E-state index in [1.165, 1.54) is 41.5 Å². The molecular formula is C28H33NO2. The molecule has 0 radical (unpaired) electrons. The molecule has 3 nitrogen and oxygen atoms in total. The molecule has 0 bridgehead atoms. The Balaban J connectivity index is 1.54. The number of benzene rings is 2. The lowest BCUT2D eigenvalue weighted by atomic mass is 9.99. The summed E-state index contributed by atoms with van der Waals surface area (Å²) < 4.78 is 0. The Bertz CT molecular complexity index is 928. The fourth-order valence-electron chi connectivity index (χ4n) is 3.80. The summed E-state index contributed by atoms with van der Waals surface area (Å²) in [4.78, 5) is 15.2. The Labute approximate surface area is 186 Å². The largest absolute Gasteiger partial charge is 0.481 e. The van der Waals surface area contributed by atoms with E-state index >= 15 is 0 Å². The normalized spacial score (nSPS) is 10.9. The lowest BCUT2D eigenvalue weighted by molar-refractivity contribution is -0.137. The fraction of sp³-hybridized carbons (Fsp3) is 0.357. The Morgan fingerprint density at radius 1 is 0.710 bits per heavy atom. The molecule has 0 fully saturated rings. The van der Waals surface area contributed by atoms with Crippen molar-refractivity contribution in [2.24, 2.45) is 0 Å². The molecule has 2 aromatic carbocycles. The number of aryl methyl sites for hydroxylation is 2. The van der Waals surface area contributed by atoms with Gasteiger partial charge < -0.3 is 5.11 Å². The molecule has 0 amide bonds. The maximum atomic E-state index is 10.6. The highest BCUT2D eigenvalue weighted by atomic mass is 16.4. The van der Waals surface area contributed by atoms with Crippen molar-refractivity contribution < 1.29 is 9.90 Å². The number of hydrogen-bond acceptors (Lipinski definition) is 2. The quantitative estimate of drug-likeness (QED) is 0.315. The summed E-state index contributed by atoms with van der Waals surface area (Å²) in [6.07, 6.45) is 10.9. The summed E-state index contributed by atoms with van der Waals surface area (Å²) in [6.45, 7) is 2.23. The van der Waals surface area contributed by atoms with E-state index in [0.717, 1.165) is 43.4 Å². The number of rotatable bonds is 12. The molecule has 0 unspecified atom stereocenters. The minimum absolute atomic E-state index is 0.271. The maximum Gasteiger partial charge on any atom is 0.303 e. The number of aromatic nitrogens is 1. The Morgan fingerprint density at radius 3 is 1.90 bits per heavy atom. The van der Waals surface area contributed by atoms with Gasteiger partial charge >= 0.3 is 5.97 Å². The topological polar surface area (TPSA) is 50.2 Å². The van der Waals surface area contributed by atoms with Gasteiger partial charge in [-0.1, -0.05) is 80.8 Å². The standard InChI is InChI=1S/C28H33NO2/c1-2-3-5-9-23-13-20-27(29-21-23)26-18-16-25(17-19-26)24-14-11-22(12-15-24)8-6-4-7-10-28(30)31/h11-21H,2-10H2,1H3,(H,30,31). The Hall–Kier alpha value is -2.94. The first kappa shape index (κ1) is 22.7. The van der Waals surface area contributed by atoms with Crippen LogP contribution >= 0.6 is 0 Å². The van der Waals surface area contributed by atoms with Crippen molar-refractivity contribution in [3.05, 3.63) is 78.0 Å². The van der Waals surface area contributed by atoms with E-state index in [9.17, 15) is 4.79 Å². The van der Waals surface area contributed by atoms with Crippen LogP contribution in [0.4, 0.5) is 0 Å². The van der Waals surface area contributed by atoms with Crippen LogP contribution in [0.15, 0.2) is 66.9 Å². The summed E-state index contributed by atoms with van der Waals surface area (Å²) in [7, 11) is 0. The third kappa shape index (κ3) is 7.36. The number of carboxylic acids is 1. The van der Waals surface area contributed by atoms with Gasteiger partial charge in [0.05, 0.1) is 5.69 Å². The van der Waals surface area contributed by atoms with Crippen LogP contribution < -0.4 is 0 Å². The van der Waals surface area contributed by atoms with Crippen molar-refractivity contribution >= 4 is 5.97 Å². The van der Waals surface area contributed by atoms with Gasteiger partial charge in [-0.3, -0.25) is 9.78 Å². The molecule has 0 spiro atoms. The highest BCUT2D eigenvalue weighted by molar-refractivity contribution is 5.69. The number of aliphatic carboxylic acids is 1. The van der Waals surface area contributed by atoms with Crippen molar-refractivity contribution in [3.8, 4) is 22.4 Å². The molecule has 162 valence electrons. The van der Waals surface area contributed by atoms with Gasteiger partial charge in [0.1, 0.15) is 0 Å². The van der Waals surface area contributed by atoms with Crippen LogP contribution in [0.5, 0.6) is 0 Å². The van der Waals surface area contributed by atoms with Gasteiger partial charge in [-0.05, 0) is 60.4 Å². The van der Waals surface area contributed by atoms with E-state index in [1.54, 1.807) is 0 Å². The van der Waals surface area contributed by atoms with Gasteiger partial charge in [0.15, 0.2) is 0 Å². The predicted molar refractivity (Wildman–Crippen MR) is 128 cm³/mol. The second-order valence-electron chi connectivity index (χ2n) is 8.24. The first-order valence-electron chi connectivity index (χ1n) is 11.5. The number of pyridine rings is 1. The van der Waals surface area contributed by atoms with Crippen LogP contribution in [-0.2, 0) is 17.6 Å². The number of carbonyl (C=O) groups is 1. The summed E-state index contributed by atoms with van der Waals surface area (Å²) in [5, 5.41) is 8.69. The van der Waals surface area contributed by atoms with Gasteiger partial charge in [-0.2, -0.15) is 0 Å². The van der Waals surface area contributed by atoms with Crippen molar-refractivity contribution in [3.63, 3.8) is 0 Å². The van der Waals surface area contributed by atoms with E-state index in [-0.39, 0.29) is 6.42 Å². The molecule has 0 saturated carbocycles. The molecular weight excluding hydrogens is 382 g/mol. The van der Waals surface area contributed by atoms with E-state index in [2.05, 4.69) is 72.6 Å². The van der Waals surface area contributed by atoms with Crippen LogP contribution in [-0.4, -0.2) is 16.1 Å². The summed E-state index contributed by atoms with van der Waals surface area (Å²) in [5.41, 5.74) is 7.19. The van der Waals surface area contributed by atoms with Crippen molar-refractivity contribution in [1.82, 2.24) is 4.98 Å². The molecule has 0 saturated heterocycles. The van der Waals surface area contributed by atoms with Gasteiger partial charge in [-0.25, -0.2) is 0 Å². The first-order chi connectivity index (χ1) is 15.2. The molecule has 0 aliphatic carbocycles. The van der Waals surface area contributed by atoms with Crippen LogP contribution in [0.3, 0.4) is 0 Å². The molecule has 1 N–H and O–H groups in total.